The number of fused-ring (bicyclic) bond motifs is 1. The van der Waals surface area contributed by atoms with E-state index in [0.29, 0.717) is 6.61 Å². The average molecular weight is 527 g/mol. The molecule has 0 bridgehead atoms. The van der Waals surface area contributed by atoms with Gasteiger partial charge in [0.2, 0.25) is 0 Å². The van der Waals surface area contributed by atoms with Crippen molar-refractivity contribution in [3.63, 3.8) is 0 Å². The Morgan fingerprint density at radius 1 is 1.08 bits per heavy atom. The molecule has 2 aliphatic heterocycles. The molecule has 208 valence electrons. The fourth-order valence-corrected chi connectivity index (χ4v) is 5.41. The number of ether oxygens (including phenoxy) is 2. The normalized spacial score (nSPS) is 16.0. The summed E-state index contributed by atoms with van der Waals surface area (Å²) in [7, 11) is 0. The number of rotatable bonds is 13. The third kappa shape index (κ3) is 8.12. The number of hydrogen-bond donors (Lipinski definition) is 0. The Labute approximate surface area is 236 Å². The van der Waals surface area contributed by atoms with Crippen LogP contribution in [0.15, 0.2) is 78.4 Å². The molecule has 0 atom stereocenters. The second kappa shape index (κ2) is 15.4. The summed E-state index contributed by atoms with van der Waals surface area (Å²) in [6.07, 6.45) is 19.0. The lowest BCUT2D eigenvalue weighted by atomic mass is 9.92. The van der Waals surface area contributed by atoms with Crippen LogP contribution in [0, 0.1) is 0 Å². The molecule has 0 N–H and O–H groups in total. The zero-order valence-corrected chi connectivity index (χ0v) is 24.2. The molecule has 4 nitrogen and oxygen atoms in total. The third-order valence-corrected chi connectivity index (χ3v) is 7.56. The van der Waals surface area contributed by atoms with Gasteiger partial charge in [-0.25, -0.2) is 0 Å². The zero-order chi connectivity index (χ0) is 27.3. The van der Waals surface area contributed by atoms with E-state index in [9.17, 15) is 0 Å². The van der Waals surface area contributed by atoms with Gasteiger partial charge in [0.25, 0.3) is 0 Å². The van der Waals surface area contributed by atoms with Crippen molar-refractivity contribution in [3.8, 4) is 11.5 Å². The summed E-state index contributed by atoms with van der Waals surface area (Å²) >= 11 is 0. The molecule has 0 saturated carbocycles. The summed E-state index contributed by atoms with van der Waals surface area (Å²) in [6, 6.07) is 14.6. The van der Waals surface area contributed by atoms with E-state index < -0.39 is 0 Å². The monoisotopic (exact) mass is 526 g/mol. The van der Waals surface area contributed by atoms with Crippen LogP contribution in [0.5, 0.6) is 11.5 Å². The first-order valence-corrected chi connectivity index (χ1v) is 14.9. The van der Waals surface area contributed by atoms with E-state index in [1.54, 1.807) is 0 Å². The molecule has 0 amide bonds. The maximum Gasteiger partial charge on any atom is 0.127 e. The van der Waals surface area contributed by atoms with Crippen LogP contribution >= 0.6 is 0 Å². The Kier molecular flexibility index (Phi) is 11.3. The molecule has 0 unspecified atom stereocenters. The fraction of sp³-hybridized carbons (Fsp3) is 0.429. The first kappa shape index (κ1) is 28.8. The fourth-order valence-electron chi connectivity index (χ4n) is 5.41. The van der Waals surface area contributed by atoms with Crippen LogP contribution in [0.3, 0.4) is 0 Å². The quantitative estimate of drug-likeness (QED) is 0.194. The maximum absolute atomic E-state index is 6.06. The lowest BCUT2D eigenvalue weighted by Crippen LogP contribution is -2.27. The van der Waals surface area contributed by atoms with Gasteiger partial charge < -0.3 is 14.4 Å². The lowest BCUT2D eigenvalue weighted by Gasteiger charge is -2.30. The lowest BCUT2D eigenvalue weighted by molar-refractivity contribution is 0.307. The molecule has 2 aromatic rings. The molecule has 2 aromatic carbocycles. The smallest absolute Gasteiger partial charge is 0.127 e. The average Bonchev–Trinajstić information content (AvgIpc) is 3.22. The van der Waals surface area contributed by atoms with Crippen LogP contribution in [-0.2, 0) is 0 Å². The first-order valence-electron chi connectivity index (χ1n) is 14.9. The van der Waals surface area contributed by atoms with E-state index >= 15 is 0 Å². The van der Waals surface area contributed by atoms with Crippen molar-refractivity contribution >= 4 is 17.3 Å². The number of hydrogen-bond acceptors (Lipinski definition) is 4. The highest BCUT2D eigenvalue weighted by molar-refractivity contribution is 5.86. The molecular formula is C35H46N2O2. The highest BCUT2D eigenvalue weighted by atomic mass is 16.5. The van der Waals surface area contributed by atoms with E-state index in [1.807, 2.05) is 30.3 Å². The Bertz CT molecular complexity index is 1160. The SMILES string of the molecule is C/C=C(\C=C/CC)CN1CCC=C(c2c(N(CC)CCCCOc3ccccc3)ccc3c2C=CCO3)CC1. The van der Waals surface area contributed by atoms with Gasteiger partial charge in [-0.2, -0.15) is 0 Å². The Hall–Kier alpha value is -3.24. The predicted octanol–water partition coefficient (Wildman–Crippen LogP) is 8.17. The molecule has 0 fully saturated rings. The Morgan fingerprint density at radius 3 is 2.74 bits per heavy atom. The largest absolute Gasteiger partial charge is 0.494 e. The molecule has 4 heteroatoms. The molecule has 0 aromatic heterocycles. The molecule has 2 heterocycles. The molecular weight excluding hydrogens is 480 g/mol. The van der Waals surface area contributed by atoms with Crippen molar-refractivity contribution in [1.29, 1.82) is 0 Å². The van der Waals surface area contributed by atoms with E-state index in [-0.39, 0.29) is 0 Å². The van der Waals surface area contributed by atoms with Crippen LogP contribution < -0.4 is 14.4 Å². The van der Waals surface area contributed by atoms with Crippen LogP contribution in [-0.4, -0.2) is 50.8 Å². The zero-order valence-electron chi connectivity index (χ0n) is 24.2. The van der Waals surface area contributed by atoms with Crippen molar-refractivity contribution in [2.75, 3.05) is 50.8 Å². The highest BCUT2D eigenvalue weighted by Gasteiger charge is 2.22. The molecule has 0 radical (unpaired) electrons. The van der Waals surface area contributed by atoms with Crippen molar-refractivity contribution < 1.29 is 9.47 Å². The molecule has 39 heavy (non-hydrogen) atoms. The van der Waals surface area contributed by atoms with E-state index in [1.165, 1.54) is 28.0 Å². The second-order valence-corrected chi connectivity index (χ2v) is 10.3. The maximum atomic E-state index is 6.06. The van der Waals surface area contributed by atoms with Crippen molar-refractivity contribution in [2.45, 2.75) is 52.9 Å². The van der Waals surface area contributed by atoms with E-state index in [2.05, 4.69) is 79.2 Å². The number of allylic oxidation sites excluding steroid dienone is 2. The van der Waals surface area contributed by atoms with Crippen molar-refractivity contribution in [1.82, 2.24) is 4.90 Å². The van der Waals surface area contributed by atoms with Gasteiger partial charge in [-0.05, 0) is 87.4 Å². The van der Waals surface area contributed by atoms with Gasteiger partial charge in [0.1, 0.15) is 18.1 Å². The number of anilines is 1. The number of benzene rings is 2. The van der Waals surface area contributed by atoms with Crippen LogP contribution in [0.25, 0.3) is 11.6 Å². The minimum atomic E-state index is 0.648. The topological polar surface area (TPSA) is 24.9 Å². The van der Waals surface area contributed by atoms with E-state index in [0.717, 1.165) is 82.9 Å². The molecule has 0 saturated heterocycles. The summed E-state index contributed by atoms with van der Waals surface area (Å²) in [4.78, 5) is 5.14. The number of unbranched alkanes of at least 4 members (excludes halogenated alkanes) is 1. The number of nitrogens with zero attached hydrogens (tertiary/aromatic N) is 2. The standard InChI is InChI=1S/C35H46N2O2/c1-4-7-15-29(5-2)28-36-23-13-16-30(22-25-36)35-32-19-14-27-39-34(32)21-20-33(35)37(6-3)24-11-12-26-38-31-17-9-8-10-18-31/h5,7-10,14-21H,4,6,11-13,22-28H2,1-3H3/b15-7-,29-5+. The summed E-state index contributed by atoms with van der Waals surface area (Å²) in [6.45, 7) is 13.2. The predicted molar refractivity (Wildman–Crippen MR) is 167 cm³/mol. The molecule has 0 spiro atoms. The third-order valence-electron chi connectivity index (χ3n) is 7.56. The van der Waals surface area contributed by atoms with Gasteiger partial charge in [0.15, 0.2) is 0 Å². The summed E-state index contributed by atoms with van der Waals surface area (Å²) in [5.74, 6) is 1.96. The second-order valence-electron chi connectivity index (χ2n) is 10.3. The van der Waals surface area contributed by atoms with E-state index in [4.69, 9.17) is 9.47 Å². The Morgan fingerprint density at radius 2 is 1.95 bits per heavy atom. The molecule has 4 rings (SSSR count). The van der Waals surface area contributed by atoms with Gasteiger partial charge in [-0.3, -0.25) is 4.90 Å². The minimum Gasteiger partial charge on any atom is -0.494 e. The van der Waals surface area contributed by atoms with Crippen molar-refractivity contribution in [2.24, 2.45) is 0 Å². The highest BCUT2D eigenvalue weighted by Crippen LogP contribution is 2.40. The first-order chi connectivity index (χ1) is 19.2. The van der Waals surface area contributed by atoms with Crippen molar-refractivity contribution in [3.05, 3.63) is 89.5 Å². The number of para-hydroxylation sites is 1. The summed E-state index contributed by atoms with van der Waals surface area (Å²) < 4.78 is 12.0. The van der Waals surface area contributed by atoms with Gasteiger partial charge in [-0.15, -0.1) is 0 Å². The van der Waals surface area contributed by atoms with Crippen LogP contribution in [0.4, 0.5) is 5.69 Å². The van der Waals surface area contributed by atoms with Crippen LogP contribution in [0.1, 0.15) is 64.0 Å². The summed E-state index contributed by atoms with van der Waals surface area (Å²) in [5.41, 5.74) is 6.79. The van der Waals surface area contributed by atoms with Gasteiger partial charge in [0.05, 0.1) is 6.61 Å². The molecule has 2 aliphatic rings. The minimum absolute atomic E-state index is 0.648. The van der Waals surface area contributed by atoms with Gasteiger partial charge in [0, 0.05) is 49.5 Å². The van der Waals surface area contributed by atoms with Crippen LogP contribution in [0.2, 0.25) is 0 Å². The van der Waals surface area contributed by atoms with Gasteiger partial charge in [-0.1, -0.05) is 55.5 Å². The van der Waals surface area contributed by atoms with Gasteiger partial charge >= 0.3 is 0 Å². The Balaban J connectivity index is 1.47. The summed E-state index contributed by atoms with van der Waals surface area (Å²) in [5, 5.41) is 0. The molecule has 0 aliphatic carbocycles.